The highest BCUT2D eigenvalue weighted by Gasteiger charge is 2.23. The van der Waals surface area contributed by atoms with Crippen molar-refractivity contribution in [2.45, 2.75) is 25.7 Å². The van der Waals surface area contributed by atoms with Gasteiger partial charge in [0.15, 0.2) is 0 Å². The molecule has 0 aliphatic heterocycles. The van der Waals surface area contributed by atoms with Gasteiger partial charge in [0, 0.05) is 5.69 Å². The molecule has 1 aromatic heterocycles. The summed E-state index contributed by atoms with van der Waals surface area (Å²) in [6.45, 7) is 5.29. The van der Waals surface area contributed by atoms with E-state index in [-0.39, 0.29) is 32.2 Å². The number of aryl methyl sites for hydroxylation is 3. The molecule has 7 nitrogen and oxygen atoms in total. The summed E-state index contributed by atoms with van der Waals surface area (Å²) in [7, 11) is -2.66. The first-order chi connectivity index (χ1) is 15.0. The van der Waals surface area contributed by atoms with Crippen LogP contribution in [0.3, 0.4) is 0 Å². The Bertz CT molecular complexity index is 1270. The third-order valence-corrected chi connectivity index (χ3v) is 6.63. The van der Waals surface area contributed by atoms with E-state index in [1.165, 1.54) is 31.4 Å². The molecular weight excluding hydrogens is 473 g/mol. The van der Waals surface area contributed by atoms with Gasteiger partial charge in [-0.15, -0.1) is 0 Å². The minimum atomic E-state index is -4.03. The van der Waals surface area contributed by atoms with Crippen LogP contribution in [0.1, 0.15) is 27.0 Å². The Balaban J connectivity index is 1.98. The predicted octanol–water partition coefficient (Wildman–Crippen LogP) is 5.38. The Labute approximate surface area is 196 Å². The van der Waals surface area contributed by atoms with Crippen LogP contribution in [0.15, 0.2) is 47.4 Å². The lowest BCUT2D eigenvalue weighted by atomic mass is 10.1. The number of hydrogen-bond acceptors (Lipinski definition) is 5. The molecule has 0 fully saturated rings. The van der Waals surface area contributed by atoms with Gasteiger partial charge in [0.1, 0.15) is 21.0 Å². The van der Waals surface area contributed by atoms with E-state index in [0.29, 0.717) is 11.3 Å². The van der Waals surface area contributed by atoms with E-state index >= 15 is 0 Å². The fraction of sp³-hybridized carbons (Fsp3) is 0.182. The van der Waals surface area contributed by atoms with Crippen LogP contribution >= 0.6 is 23.2 Å². The fourth-order valence-electron chi connectivity index (χ4n) is 3.19. The van der Waals surface area contributed by atoms with Crippen LogP contribution < -0.4 is 14.8 Å². The summed E-state index contributed by atoms with van der Waals surface area (Å²) in [4.78, 5) is 16.5. The molecule has 2 aromatic carbocycles. The lowest BCUT2D eigenvalue weighted by molar-refractivity contribution is 0.102. The third-order valence-electron chi connectivity index (χ3n) is 4.80. The van der Waals surface area contributed by atoms with Crippen LogP contribution in [-0.4, -0.2) is 26.4 Å². The largest absolute Gasteiger partial charge is 0.495 e. The molecule has 0 unspecified atom stereocenters. The van der Waals surface area contributed by atoms with Crippen LogP contribution in [0.5, 0.6) is 5.75 Å². The molecule has 1 heterocycles. The molecule has 10 heteroatoms. The number of aromatic nitrogens is 1. The monoisotopic (exact) mass is 493 g/mol. The Morgan fingerprint density at radius 1 is 1.00 bits per heavy atom. The maximum absolute atomic E-state index is 13.2. The third kappa shape index (κ3) is 4.98. The van der Waals surface area contributed by atoms with E-state index in [1.807, 2.05) is 32.0 Å². The minimum absolute atomic E-state index is 0.0504. The Hall–Kier alpha value is -2.81. The molecule has 0 aliphatic rings. The first-order valence-electron chi connectivity index (χ1n) is 9.44. The van der Waals surface area contributed by atoms with E-state index in [4.69, 9.17) is 27.9 Å². The number of carbonyl (C=O) groups excluding carboxylic acids is 1. The Kier molecular flexibility index (Phi) is 6.97. The number of methoxy groups -OCH3 is 1. The quantitative estimate of drug-likeness (QED) is 0.449. The van der Waals surface area contributed by atoms with Crippen LogP contribution in [0.4, 0.5) is 11.4 Å². The number of para-hydroxylation sites is 1. The summed E-state index contributed by atoms with van der Waals surface area (Å²) in [6, 6.07) is 11.3. The van der Waals surface area contributed by atoms with Crippen molar-refractivity contribution >= 4 is 50.5 Å². The minimum Gasteiger partial charge on any atom is -0.495 e. The van der Waals surface area contributed by atoms with Crippen molar-refractivity contribution in [3.05, 3.63) is 75.0 Å². The number of halogens is 2. The standard InChI is InChI=1S/C22H21Cl2N3O4S/c1-12-6-5-7-13(2)20(12)27-32(29,30)17-11-15(8-9-16(17)31-4)25-22(28)19-14(3)10-18(23)26-21(19)24/h5-11,27H,1-4H3,(H,25,28). The van der Waals surface area contributed by atoms with Crippen LogP contribution in [-0.2, 0) is 10.0 Å². The van der Waals surface area contributed by atoms with Gasteiger partial charge in [0.25, 0.3) is 15.9 Å². The zero-order valence-corrected chi connectivity index (χ0v) is 20.1. The van der Waals surface area contributed by atoms with E-state index < -0.39 is 15.9 Å². The molecule has 0 saturated carbocycles. The van der Waals surface area contributed by atoms with Crippen molar-refractivity contribution in [2.24, 2.45) is 0 Å². The molecule has 3 rings (SSSR count). The number of sulfonamides is 1. The van der Waals surface area contributed by atoms with E-state index in [1.54, 1.807) is 6.92 Å². The van der Waals surface area contributed by atoms with E-state index in [0.717, 1.165) is 11.1 Å². The SMILES string of the molecule is COc1ccc(NC(=O)c2c(C)cc(Cl)nc2Cl)cc1S(=O)(=O)Nc1c(C)cccc1C. The molecule has 32 heavy (non-hydrogen) atoms. The number of ether oxygens (including phenoxy) is 1. The normalized spacial score (nSPS) is 11.2. The number of benzene rings is 2. The summed E-state index contributed by atoms with van der Waals surface area (Å²) in [6.07, 6.45) is 0. The van der Waals surface area contributed by atoms with Gasteiger partial charge in [-0.25, -0.2) is 13.4 Å². The zero-order valence-electron chi connectivity index (χ0n) is 17.8. The maximum atomic E-state index is 13.2. The lowest BCUT2D eigenvalue weighted by Gasteiger charge is -2.16. The number of nitrogens with one attached hydrogen (secondary N) is 2. The van der Waals surface area contributed by atoms with Gasteiger partial charge >= 0.3 is 0 Å². The second-order valence-electron chi connectivity index (χ2n) is 7.12. The molecule has 0 radical (unpaired) electrons. The van der Waals surface area contributed by atoms with Crippen LogP contribution in [0.25, 0.3) is 0 Å². The fourth-order valence-corrected chi connectivity index (χ4v) is 5.21. The molecule has 0 spiro atoms. The van der Waals surface area contributed by atoms with Gasteiger partial charge in [-0.05, 0) is 61.7 Å². The topological polar surface area (TPSA) is 97.4 Å². The van der Waals surface area contributed by atoms with Gasteiger partial charge in [-0.2, -0.15) is 0 Å². The Morgan fingerprint density at radius 2 is 1.66 bits per heavy atom. The van der Waals surface area contributed by atoms with Crippen LogP contribution in [0.2, 0.25) is 10.3 Å². The predicted molar refractivity (Wildman–Crippen MR) is 127 cm³/mol. The number of pyridine rings is 1. The molecule has 0 bridgehead atoms. The number of anilines is 2. The Morgan fingerprint density at radius 3 is 2.25 bits per heavy atom. The van der Waals surface area contributed by atoms with Gasteiger partial charge in [-0.3, -0.25) is 9.52 Å². The molecule has 0 saturated heterocycles. The number of rotatable bonds is 6. The molecule has 0 atom stereocenters. The van der Waals surface area contributed by atoms with Crippen molar-refractivity contribution in [1.82, 2.24) is 4.98 Å². The van der Waals surface area contributed by atoms with Crippen molar-refractivity contribution < 1.29 is 17.9 Å². The van der Waals surface area contributed by atoms with Crippen molar-refractivity contribution in [3.8, 4) is 5.75 Å². The highest BCUT2D eigenvalue weighted by atomic mass is 35.5. The molecular formula is C22H21Cl2N3O4S. The number of nitrogens with zero attached hydrogens (tertiary/aromatic N) is 1. The summed E-state index contributed by atoms with van der Waals surface area (Å²) in [5.41, 5.74) is 2.95. The van der Waals surface area contributed by atoms with Crippen LogP contribution in [0, 0.1) is 20.8 Å². The van der Waals surface area contributed by atoms with Crippen molar-refractivity contribution in [3.63, 3.8) is 0 Å². The first-order valence-corrected chi connectivity index (χ1v) is 11.7. The number of hydrogen-bond donors (Lipinski definition) is 2. The summed E-state index contributed by atoms with van der Waals surface area (Å²) in [5, 5.41) is 2.77. The van der Waals surface area contributed by atoms with E-state index in [9.17, 15) is 13.2 Å². The number of carbonyl (C=O) groups is 1. The second-order valence-corrected chi connectivity index (χ2v) is 9.52. The molecule has 0 aliphatic carbocycles. The number of amides is 1. The summed E-state index contributed by atoms with van der Waals surface area (Å²) in [5.74, 6) is -0.419. The molecule has 3 aromatic rings. The van der Waals surface area contributed by atoms with Gasteiger partial charge in [-0.1, -0.05) is 41.4 Å². The first kappa shape index (κ1) is 23.8. The van der Waals surface area contributed by atoms with Gasteiger partial charge < -0.3 is 10.1 Å². The lowest BCUT2D eigenvalue weighted by Crippen LogP contribution is -2.18. The molecule has 168 valence electrons. The zero-order chi connectivity index (χ0) is 23.6. The molecule has 2 N–H and O–H groups in total. The maximum Gasteiger partial charge on any atom is 0.265 e. The highest BCUT2D eigenvalue weighted by molar-refractivity contribution is 7.92. The second kappa shape index (κ2) is 9.36. The van der Waals surface area contributed by atoms with Gasteiger partial charge in [0.2, 0.25) is 0 Å². The highest BCUT2D eigenvalue weighted by Crippen LogP contribution is 2.31. The smallest absolute Gasteiger partial charge is 0.265 e. The summed E-state index contributed by atoms with van der Waals surface area (Å²) >= 11 is 12.0. The van der Waals surface area contributed by atoms with Crippen molar-refractivity contribution in [1.29, 1.82) is 0 Å². The molecule has 1 amide bonds. The van der Waals surface area contributed by atoms with Crippen molar-refractivity contribution in [2.75, 3.05) is 17.1 Å². The average Bonchev–Trinajstić information content (AvgIpc) is 2.70. The van der Waals surface area contributed by atoms with E-state index in [2.05, 4.69) is 15.0 Å². The average molecular weight is 494 g/mol. The van der Waals surface area contributed by atoms with Gasteiger partial charge in [0.05, 0.1) is 18.4 Å². The summed E-state index contributed by atoms with van der Waals surface area (Å²) < 4.78 is 34.2.